The smallest absolute Gasteiger partial charge is 0.340 e. The van der Waals surface area contributed by atoms with Crippen molar-refractivity contribution in [2.24, 2.45) is 49.4 Å². The third-order valence-electron chi connectivity index (χ3n) is 2.36. The molecule has 0 atom stereocenters. The van der Waals surface area contributed by atoms with E-state index in [1.165, 1.54) is 14.0 Å². The summed E-state index contributed by atoms with van der Waals surface area (Å²) >= 11 is 0. The molecule has 16 heteroatoms. The summed E-state index contributed by atoms with van der Waals surface area (Å²) in [5.74, 6) is -0.507. The zero-order valence-corrected chi connectivity index (χ0v) is 18.9. The zero-order chi connectivity index (χ0) is 25.4. The molecule has 0 heterocycles. The Labute approximate surface area is 182 Å². The van der Waals surface area contributed by atoms with E-state index in [0.717, 1.165) is 0 Å². The number of amides is 3. The third kappa shape index (κ3) is 34.4. The minimum atomic E-state index is -0.551. The van der Waals surface area contributed by atoms with Crippen molar-refractivity contribution >= 4 is 29.8 Å². The number of hydrogen-bond acceptors (Lipinski definition) is 7. The summed E-state index contributed by atoms with van der Waals surface area (Å²) in [7, 11) is 1.43. The van der Waals surface area contributed by atoms with Gasteiger partial charge in [0.25, 0.3) is 0 Å². The fraction of sp³-hybridized carbons (Fsp3) is 0.667. The van der Waals surface area contributed by atoms with Crippen LogP contribution in [-0.4, -0.2) is 83.7 Å². The molecule has 3 amide bonds. The number of nitrogens with one attached hydrogen (secondary N) is 1. The Morgan fingerprint density at radius 2 is 1.32 bits per heavy atom. The Hall–Kier alpha value is -3.53. The summed E-state index contributed by atoms with van der Waals surface area (Å²) in [6.07, 6.45) is 0.502. The van der Waals surface area contributed by atoms with Crippen LogP contribution >= 0.6 is 0 Å². The van der Waals surface area contributed by atoms with Gasteiger partial charge in [0.1, 0.15) is 6.67 Å². The summed E-state index contributed by atoms with van der Waals surface area (Å²) in [4.78, 5) is 31.7. The van der Waals surface area contributed by atoms with Crippen LogP contribution in [0.5, 0.6) is 0 Å². The van der Waals surface area contributed by atoms with Gasteiger partial charge in [0.15, 0.2) is 17.9 Å². The quantitative estimate of drug-likeness (QED) is 0.0639. The number of hydrogen-bond donors (Lipinski definition) is 9. The van der Waals surface area contributed by atoms with Crippen molar-refractivity contribution in [2.45, 2.75) is 34.1 Å². The molecule has 0 aromatic carbocycles. The third-order valence-corrected chi connectivity index (χ3v) is 2.36. The first-order valence-corrected chi connectivity index (χ1v) is 9.20. The number of hydroxylamine groups is 4. The summed E-state index contributed by atoms with van der Waals surface area (Å²) < 4.78 is 0. The van der Waals surface area contributed by atoms with Crippen molar-refractivity contribution < 1.29 is 20.0 Å². The lowest BCUT2D eigenvalue weighted by atomic mass is 10.4. The monoisotopic (exact) mass is 452 g/mol. The standard InChI is InChI=1S/C6H15N5O2.C4H10N4O2.C3H9N3.C2H6/c1-9-6(12)11(13)4-2-3-10-5(7)8;1-3(9)8(10)2-7-4(5)6;1-2-6-3(4)5;1-2/h13H,2-4H2,1H3,(H,9,12)(H4,7,8,10);10H,2H2,1H3,(H4,5,6,7);2H2,1H3,(H4,4,5,6);1-2H3. The van der Waals surface area contributed by atoms with Crippen molar-refractivity contribution in [1.82, 2.24) is 15.4 Å². The molecule has 16 nitrogen and oxygen atoms in total. The molecule has 0 aromatic heterocycles. The normalized spacial score (nSPS) is 8.23. The molecule has 0 aliphatic heterocycles. The van der Waals surface area contributed by atoms with Gasteiger partial charge in [0.2, 0.25) is 5.91 Å². The lowest BCUT2D eigenvalue weighted by molar-refractivity contribution is -0.162. The predicted octanol–water partition coefficient (Wildman–Crippen LogP) is -2.56. The van der Waals surface area contributed by atoms with E-state index in [9.17, 15) is 9.59 Å². The zero-order valence-electron chi connectivity index (χ0n) is 18.9. The van der Waals surface area contributed by atoms with E-state index in [2.05, 4.69) is 20.3 Å². The van der Waals surface area contributed by atoms with Crippen LogP contribution in [0.1, 0.15) is 34.1 Å². The van der Waals surface area contributed by atoms with Gasteiger partial charge in [0.05, 0.1) is 6.54 Å². The number of carbonyl (C=O) groups is 2. The molecule has 0 fully saturated rings. The van der Waals surface area contributed by atoms with Gasteiger partial charge >= 0.3 is 6.03 Å². The first-order valence-electron chi connectivity index (χ1n) is 9.20. The molecule has 0 unspecified atom stereocenters. The van der Waals surface area contributed by atoms with E-state index in [4.69, 9.17) is 44.8 Å². The van der Waals surface area contributed by atoms with Gasteiger partial charge < -0.3 is 39.7 Å². The first-order chi connectivity index (χ1) is 14.4. The Morgan fingerprint density at radius 1 is 0.871 bits per heavy atom. The van der Waals surface area contributed by atoms with E-state index in [0.29, 0.717) is 29.6 Å². The highest BCUT2D eigenvalue weighted by Crippen LogP contribution is 1.88. The molecule has 0 aromatic rings. The highest BCUT2D eigenvalue weighted by molar-refractivity contribution is 5.76. The highest BCUT2D eigenvalue weighted by Gasteiger charge is 2.06. The number of nitrogens with zero attached hydrogens (tertiary/aromatic N) is 5. The van der Waals surface area contributed by atoms with Crippen LogP contribution in [0.15, 0.2) is 15.0 Å². The minimum Gasteiger partial charge on any atom is -0.370 e. The summed E-state index contributed by atoms with van der Waals surface area (Å²) in [6.45, 7) is 8.09. The Balaban J connectivity index is -0.000000180. The van der Waals surface area contributed by atoms with Gasteiger partial charge in [-0.25, -0.2) is 19.9 Å². The predicted molar refractivity (Wildman–Crippen MR) is 121 cm³/mol. The van der Waals surface area contributed by atoms with Crippen LogP contribution < -0.4 is 39.7 Å². The summed E-state index contributed by atoms with van der Waals surface area (Å²) in [6, 6.07) is -0.551. The molecule has 0 aliphatic rings. The maximum atomic E-state index is 10.7. The lowest BCUT2D eigenvalue weighted by Crippen LogP contribution is -2.36. The van der Waals surface area contributed by atoms with Gasteiger partial charge in [-0.05, 0) is 13.3 Å². The highest BCUT2D eigenvalue weighted by atomic mass is 16.5. The van der Waals surface area contributed by atoms with Crippen LogP contribution in [0.4, 0.5) is 4.79 Å². The van der Waals surface area contributed by atoms with E-state index >= 15 is 0 Å². The molecule has 0 saturated heterocycles. The van der Waals surface area contributed by atoms with Gasteiger partial charge in [-0.1, -0.05) is 13.8 Å². The maximum absolute atomic E-state index is 10.7. The molecule has 0 radical (unpaired) electrons. The van der Waals surface area contributed by atoms with Crippen molar-refractivity contribution in [3.63, 3.8) is 0 Å². The molecule has 0 bridgehead atoms. The number of urea groups is 1. The largest absolute Gasteiger partial charge is 0.370 e. The summed E-state index contributed by atoms with van der Waals surface area (Å²) in [5, 5.41) is 20.9. The number of nitrogens with two attached hydrogens (primary N) is 6. The molecule has 31 heavy (non-hydrogen) atoms. The fourth-order valence-corrected chi connectivity index (χ4v) is 1.09. The topological polar surface area (TPSA) is 286 Å². The number of guanidine groups is 3. The summed E-state index contributed by atoms with van der Waals surface area (Å²) in [5.41, 5.74) is 29.8. The second-order valence-corrected chi connectivity index (χ2v) is 4.88. The maximum Gasteiger partial charge on any atom is 0.340 e. The van der Waals surface area contributed by atoms with Crippen LogP contribution in [-0.2, 0) is 4.79 Å². The van der Waals surface area contributed by atoms with Gasteiger partial charge in [-0.3, -0.25) is 25.2 Å². The van der Waals surface area contributed by atoms with Gasteiger partial charge in [-0.15, -0.1) is 0 Å². The van der Waals surface area contributed by atoms with Crippen LogP contribution in [0.2, 0.25) is 0 Å². The van der Waals surface area contributed by atoms with Crippen molar-refractivity contribution in [2.75, 3.05) is 33.4 Å². The van der Waals surface area contributed by atoms with E-state index in [1.54, 1.807) is 0 Å². The minimum absolute atomic E-state index is 0.00410. The average Bonchev–Trinajstić information content (AvgIpc) is 2.70. The van der Waals surface area contributed by atoms with Crippen LogP contribution in [0, 0.1) is 0 Å². The van der Waals surface area contributed by atoms with Crippen molar-refractivity contribution in [1.29, 1.82) is 0 Å². The molecule has 0 spiro atoms. The molecule has 0 rings (SSSR count). The number of aliphatic imine (C=N–C) groups is 3. The van der Waals surface area contributed by atoms with E-state index < -0.39 is 11.9 Å². The number of rotatable bonds is 7. The molecular formula is C15H40N12O4. The van der Waals surface area contributed by atoms with Gasteiger partial charge in [0, 0.05) is 27.1 Å². The molecule has 0 aliphatic carbocycles. The molecule has 184 valence electrons. The molecule has 15 N–H and O–H groups in total. The Bertz CT molecular complexity index is 542. The average molecular weight is 453 g/mol. The molecule has 0 saturated carbocycles. The number of carbonyl (C=O) groups excluding carboxylic acids is 2. The second-order valence-electron chi connectivity index (χ2n) is 4.88. The first kappa shape index (κ1) is 34.9. The van der Waals surface area contributed by atoms with E-state index in [-0.39, 0.29) is 31.1 Å². The van der Waals surface area contributed by atoms with Crippen molar-refractivity contribution in [3.05, 3.63) is 0 Å². The van der Waals surface area contributed by atoms with E-state index in [1.807, 2.05) is 20.8 Å². The van der Waals surface area contributed by atoms with Gasteiger partial charge in [-0.2, -0.15) is 0 Å². The van der Waals surface area contributed by atoms with Crippen LogP contribution in [0.3, 0.4) is 0 Å². The second kappa shape index (κ2) is 24.5. The lowest BCUT2D eigenvalue weighted by Gasteiger charge is -2.12. The SMILES string of the molecule is CC.CC(=O)N(O)CN=C(N)N.CCN=C(N)N.CNC(=O)N(O)CCCN=C(N)N. The fourth-order valence-electron chi connectivity index (χ4n) is 1.09. The Kier molecular flexibility index (Phi) is 27.6. The Morgan fingerprint density at radius 3 is 1.61 bits per heavy atom. The molecular weight excluding hydrogens is 412 g/mol. The van der Waals surface area contributed by atoms with Crippen molar-refractivity contribution in [3.8, 4) is 0 Å². The van der Waals surface area contributed by atoms with Crippen LogP contribution in [0.25, 0.3) is 0 Å².